The number of benzene rings is 1. The summed E-state index contributed by atoms with van der Waals surface area (Å²) in [5.41, 5.74) is 10.9. The monoisotopic (exact) mass is 170 g/mol. The van der Waals surface area contributed by atoms with Crippen molar-refractivity contribution in [2.45, 2.75) is 13.0 Å². The van der Waals surface area contributed by atoms with Crippen molar-refractivity contribution < 1.29 is 9.50 Å². The van der Waals surface area contributed by atoms with Gasteiger partial charge in [0, 0.05) is 11.6 Å². The molecule has 3 nitrogen and oxygen atoms in total. The minimum absolute atomic E-state index is 0.246. The molecule has 12 heavy (non-hydrogen) atoms. The van der Waals surface area contributed by atoms with Crippen LogP contribution in [0.5, 0.6) is 5.75 Å². The molecule has 0 aliphatic heterocycles. The van der Waals surface area contributed by atoms with Crippen molar-refractivity contribution in [3.8, 4) is 5.75 Å². The number of aromatic hydroxyl groups is 1. The largest absolute Gasteiger partial charge is 0.505 e. The zero-order chi connectivity index (χ0) is 9.30. The third kappa shape index (κ3) is 1.33. The van der Waals surface area contributed by atoms with Crippen molar-refractivity contribution in [2.24, 2.45) is 5.73 Å². The predicted molar refractivity (Wildman–Crippen MR) is 45.1 cm³/mol. The molecule has 5 N–H and O–H groups in total. The van der Waals surface area contributed by atoms with E-state index in [1.165, 1.54) is 12.1 Å². The first-order chi connectivity index (χ1) is 5.54. The van der Waals surface area contributed by atoms with Gasteiger partial charge in [-0.15, -0.1) is 0 Å². The molecule has 1 atom stereocenters. The van der Waals surface area contributed by atoms with E-state index in [9.17, 15) is 9.50 Å². The van der Waals surface area contributed by atoms with E-state index in [1.54, 1.807) is 6.92 Å². The van der Waals surface area contributed by atoms with Gasteiger partial charge in [-0.2, -0.15) is 0 Å². The molecular weight excluding hydrogens is 159 g/mol. The first kappa shape index (κ1) is 8.80. The zero-order valence-corrected chi connectivity index (χ0v) is 6.71. The number of nitrogens with two attached hydrogens (primary N) is 2. The molecule has 0 saturated carbocycles. The molecule has 0 bridgehead atoms. The van der Waals surface area contributed by atoms with Gasteiger partial charge in [0.1, 0.15) is 17.3 Å². The van der Waals surface area contributed by atoms with Gasteiger partial charge in [0.05, 0.1) is 0 Å². The van der Waals surface area contributed by atoms with Gasteiger partial charge in [0.25, 0.3) is 0 Å². The molecule has 0 fully saturated rings. The molecule has 0 amide bonds. The maximum absolute atomic E-state index is 12.7. The minimum Gasteiger partial charge on any atom is -0.505 e. The van der Waals surface area contributed by atoms with Gasteiger partial charge in [-0.25, -0.2) is 4.39 Å². The number of halogens is 1. The van der Waals surface area contributed by atoms with E-state index in [0.717, 1.165) is 0 Å². The molecule has 66 valence electrons. The number of hydrogen-bond donors (Lipinski definition) is 3. The van der Waals surface area contributed by atoms with Crippen LogP contribution in [0.4, 0.5) is 10.1 Å². The Labute approximate surface area is 69.8 Å². The summed E-state index contributed by atoms with van der Waals surface area (Å²) < 4.78 is 12.7. The van der Waals surface area contributed by atoms with E-state index >= 15 is 0 Å². The van der Waals surface area contributed by atoms with Gasteiger partial charge in [-0.3, -0.25) is 0 Å². The lowest BCUT2D eigenvalue weighted by Crippen LogP contribution is -2.06. The Kier molecular flexibility index (Phi) is 2.19. The average molecular weight is 170 g/mol. The van der Waals surface area contributed by atoms with E-state index in [0.29, 0.717) is 5.56 Å². The minimum atomic E-state index is -0.628. The van der Waals surface area contributed by atoms with Crippen molar-refractivity contribution in [2.75, 3.05) is 5.73 Å². The van der Waals surface area contributed by atoms with Crippen LogP contribution in [0.2, 0.25) is 0 Å². The topological polar surface area (TPSA) is 72.3 Å². The van der Waals surface area contributed by atoms with Crippen LogP contribution in [0.1, 0.15) is 18.5 Å². The van der Waals surface area contributed by atoms with Crippen LogP contribution in [0.15, 0.2) is 12.1 Å². The second kappa shape index (κ2) is 2.98. The molecule has 0 heterocycles. The highest BCUT2D eigenvalue weighted by molar-refractivity contribution is 5.57. The lowest BCUT2D eigenvalue weighted by molar-refractivity contribution is 0.461. The lowest BCUT2D eigenvalue weighted by Gasteiger charge is -2.10. The van der Waals surface area contributed by atoms with Crippen molar-refractivity contribution in [3.05, 3.63) is 23.5 Å². The van der Waals surface area contributed by atoms with Gasteiger partial charge >= 0.3 is 0 Å². The number of phenols is 1. The number of rotatable bonds is 1. The molecule has 4 heteroatoms. The number of hydrogen-bond acceptors (Lipinski definition) is 3. The summed E-state index contributed by atoms with van der Waals surface area (Å²) in [4.78, 5) is 0. The standard InChI is InChI=1S/C8H11FN2O/c1-4(10)5-2-3-6(9)7(11)8(5)12/h2-4,12H,10-11H2,1H3/t4-/m0/s1. The average Bonchev–Trinajstić information content (AvgIpc) is 2.00. The van der Waals surface area contributed by atoms with Crippen LogP contribution < -0.4 is 11.5 Å². The van der Waals surface area contributed by atoms with Gasteiger partial charge < -0.3 is 16.6 Å². The number of phenolic OH excluding ortho intramolecular Hbond substituents is 1. The Balaban J connectivity index is 3.27. The maximum Gasteiger partial charge on any atom is 0.149 e. The highest BCUT2D eigenvalue weighted by atomic mass is 19.1. The van der Waals surface area contributed by atoms with Crippen molar-refractivity contribution in [1.29, 1.82) is 0 Å². The lowest BCUT2D eigenvalue weighted by atomic mass is 10.1. The van der Waals surface area contributed by atoms with Crippen LogP contribution >= 0.6 is 0 Å². The molecule has 1 aromatic carbocycles. The first-order valence-corrected chi connectivity index (χ1v) is 3.56. The quantitative estimate of drug-likeness (QED) is 0.437. The SMILES string of the molecule is C[C@H](N)c1ccc(F)c(N)c1O. The van der Waals surface area contributed by atoms with Crippen LogP contribution in [0.3, 0.4) is 0 Å². The zero-order valence-electron chi connectivity index (χ0n) is 6.71. The van der Waals surface area contributed by atoms with Gasteiger partial charge in [-0.05, 0) is 13.0 Å². The predicted octanol–water partition coefficient (Wildman–Crippen LogP) is 1.13. The summed E-state index contributed by atoms with van der Waals surface area (Å²) in [6.45, 7) is 1.69. The van der Waals surface area contributed by atoms with E-state index in [-0.39, 0.29) is 17.5 Å². The molecule has 0 aromatic heterocycles. The molecule has 0 aliphatic carbocycles. The Morgan fingerprint density at radius 1 is 1.50 bits per heavy atom. The van der Waals surface area contributed by atoms with Crippen molar-refractivity contribution in [1.82, 2.24) is 0 Å². The normalized spacial score (nSPS) is 12.9. The smallest absolute Gasteiger partial charge is 0.149 e. The fourth-order valence-electron chi connectivity index (χ4n) is 0.968. The summed E-state index contributed by atoms with van der Waals surface area (Å²) in [5, 5.41) is 9.30. The Bertz CT molecular complexity index is 299. The van der Waals surface area contributed by atoms with Crippen molar-refractivity contribution in [3.63, 3.8) is 0 Å². The summed E-state index contributed by atoms with van der Waals surface area (Å²) in [7, 11) is 0. The molecular formula is C8H11FN2O. The molecule has 0 saturated heterocycles. The molecule has 0 radical (unpaired) electrons. The first-order valence-electron chi connectivity index (χ1n) is 3.56. The van der Waals surface area contributed by atoms with Crippen LogP contribution in [-0.2, 0) is 0 Å². The number of nitrogen functional groups attached to an aromatic ring is 1. The van der Waals surface area contributed by atoms with Crippen LogP contribution in [-0.4, -0.2) is 5.11 Å². The summed E-state index contributed by atoms with van der Waals surface area (Å²) in [6.07, 6.45) is 0. The number of anilines is 1. The summed E-state index contributed by atoms with van der Waals surface area (Å²) in [6, 6.07) is 2.26. The Morgan fingerprint density at radius 2 is 2.08 bits per heavy atom. The fourth-order valence-corrected chi connectivity index (χ4v) is 0.968. The Morgan fingerprint density at radius 3 is 2.58 bits per heavy atom. The maximum atomic E-state index is 12.7. The molecule has 0 unspecified atom stereocenters. The highest BCUT2D eigenvalue weighted by Crippen LogP contribution is 2.30. The summed E-state index contributed by atoms with van der Waals surface area (Å²) in [5.74, 6) is -0.887. The summed E-state index contributed by atoms with van der Waals surface area (Å²) >= 11 is 0. The molecule has 1 rings (SSSR count). The third-order valence-corrected chi connectivity index (χ3v) is 1.69. The molecule has 0 spiro atoms. The van der Waals surface area contributed by atoms with E-state index in [2.05, 4.69) is 0 Å². The van der Waals surface area contributed by atoms with E-state index in [4.69, 9.17) is 11.5 Å². The highest BCUT2D eigenvalue weighted by Gasteiger charge is 2.11. The van der Waals surface area contributed by atoms with Gasteiger partial charge in [0.15, 0.2) is 0 Å². The van der Waals surface area contributed by atoms with Crippen molar-refractivity contribution >= 4 is 5.69 Å². The third-order valence-electron chi connectivity index (χ3n) is 1.69. The van der Waals surface area contributed by atoms with Crippen LogP contribution in [0.25, 0.3) is 0 Å². The second-order valence-electron chi connectivity index (χ2n) is 2.69. The van der Waals surface area contributed by atoms with E-state index < -0.39 is 5.82 Å². The van der Waals surface area contributed by atoms with E-state index in [1.807, 2.05) is 0 Å². The fraction of sp³-hybridized carbons (Fsp3) is 0.250. The van der Waals surface area contributed by atoms with Crippen LogP contribution in [0, 0.1) is 5.82 Å². The van der Waals surface area contributed by atoms with Gasteiger partial charge in [0.2, 0.25) is 0 Å². The molecule has 1 aromatic rings. The molecule has 0 aliphatic rings. The second-order valence-corrected chi connectivity index (χ2v) is 2.69. The van der Waals surface area contributed by atoms with Gasteiger partial charge in [-0.1, -0.05) is 6.07 Å². The Hall–Kier alpha value is -1.29.